The van der Waals surface area contributed by atoms with Gasteiger partial charge in [-0.25, -0.2) is 13.2 Å². The Labute approximate surface area is 155 Å². The number of ether oxygens (including phenoxy) is 1. The first-order valence-electron chi connectivity index (χ1n) is 8.78. The van der Waals surface area contributed by atoms with E-state index in [1.165, 1.54) is 6.07 Å². The molecule has 2 aromatic rings. The van der Waals surface area contributed by atoms with E-state index < -0.39 is 28.9 Å². The van der Waals surface area contributed by atoms with Crippen LogP contribution in [0.5, 0.6) is 5.88 Å². The zero-order valence-electron chi connectivity index (χ0n) is 14.8. The Balaban J connectivity index is 1.67. The predicted molar refractivity (Wildman–Crippen MR) is 94.3 cm³/mol. The zero-order chi connectivity index (χ0) is 19.4. The molecule has 0 spiro atoms. The Morgan fingerprint density at radius 3 is 2.52 bits per heavy atom. The highest BCUT2D eigenvalue weighted by Crippen LogP contribution is 2.20. The van der Waals surface area contributed by atoms with E-state index in [9.17, 15) is 18.0 Å². The average Bonchev–Trinajstić information content (AvgIpc) is 2.62. The second-order valence-electron chi connectivity index (χ2n) is 6.31. The minimum absolute atomic E-state index is 0.0261. The molecular formula is C19H20F3N3O2. The van der Waals surface area contributed by atoms with Crippen molar-refractivity contribution in [3.8, 4) is 5.88 Å². The summed E-state index contributed by atoms with van der Waals surface area (Å²) in [5, 5.41) is 2.31. The first-order chi connectivity index (χ1) is 13.0. The van der Waals surface area contributed by atoms with Crippen molar-refractivity contribution in [2.45, 2.75) is 25.9 Å². The molecular weight excluding hydrogens is 359 g/mol. The lowest BCUT2D eigenvalue weighted by atomic mass is 10.1. The number of hydrogen-bond donors (Lipinski definition) is 1. The highest BCUT2D eigenvalue weighted by Gasteiger charge is 2.21. The predicted octanol–water partition coefficient (Wildman–Crippen LogP) is 3.61. The van der Waals surface area contributed by atoms with Crippen LogP contribution in [0.25, 0.3) is 0 Å². The van der Waals surface area contributed by atoms with Crippen LogP contribution >= 0.6 is 0 Å². The monoisotopic (exact) mass is 379 g/mol. The van der Waals surface area contributed by atoms with E-state index in [4.69, 9.17) is 4.74 Å². The molecule has 0 atom stereocenters. The van der Waals surface area contributed by atoms with Gasteiger partial charge in [0.15, 0.2) is 0 Å². The summed E-state index contributed by atoms with van der Waals surface area (Å²) < 4.78 is 46.3. The highest BCUT2D eigenvalue weighted by atomic mass is 19.1. The summed E-state index contributed by atoms with van der Waals surface area (Å²) in [6.45, 7) is 5.01. The van der Waals surface area contributed by atoms with Crippen LogP contribution < -0.4 is 10.1 Å². The molecule has 5 nitrogen and oxygen atoms in total. The molecule has 8 heteroatoms. The lowest BCUT2D eigenvalue weighted by Crippen LogP contribution is -2.38. The number of likely N-dealkylation sites (tertiary alicyclic amines) is 1. The normalized spacial score (nSPS) is 15.6. The Morgan fingerprint density at radius 1 is 1.22 bits per heavy atom. The van der Waals surface area contributed by atoms with Crippen molar-refractivity contribution in [2.24, 2.45) is 0 Å². The molecule has 0 saturated carbocycles. The number of rotatable bonds is 5. The van der Waals surface area contributed by atoms with Gasteiger partial charge < -0.3 is 15.0 Å². The molecule has 144 valence electrons. The van der Waals surface area contributed by atoms with E-state index >= 15 is 0 Å². The number of pyridine rings is 1. The van der Waals surface area contributed by atoms with Crippen molar-refractivity contribution >= 4 is 11.7 Å². The number of benzene rings is 1. The van der Waals surface area contributed by atoms with Gasteiger partial charge in [0.25, 0.3) is 5.91 Å². The van der Waals surface area contributed by atoms with Crippen LogP contribution in [0.1, 0.15) is 30.1 Å². The number of carbonyl (C=O) groups is 1. The first kappa shape index (κ1) is 19.2. The van der Waals surface area contributed by atoms with E-state index in [-0.39, 0.29) is 11.9 Å². The molecule has 0 unspecified atom stereocenters. The molecule has 1 aliphatic rings. The fourth-order valence-corrected chi connectivity index (χ4v) is 3.00. The van der Waals surface area contributed by atoms with Gasteiger partial charge in [0, 0.05) is 31.3 Å². The van der Waals surface area contributed by atoms with Gasteiger partial charge in [0.2, 0.25) is 5.88 Å². The van der Waals surface area contributed by atoms with Gasteiger partial charge in [-0.3, -0.25) is 4.79 Å². The molecule has 3 rings (SSSR count). The number of nitrogens with zero attached hydrogens (tertiary/aromatic N) is 2. The van der Waals surface area contributed by atoms with Crippen LogP contribution in [0, 0.1) is 17.5 Å². The van der Waals surface area contributed by atoms with Crippen LogP contribution in [-0.2, 0) is 0 Å². The fourth-order valence-electron chi connectivity index (χ4n) is 3.00. The van der Waals surface area contributed by atoms with E-state index in [1.54, 1.807) is 12.1 Å². The molecule has 1 N–H and O–H groups in total. The van der Waals surface area contributed by atoms with Crippen molar-refractivity contribution < 1.29 is 22.7 Å². The number of amides is 1. The molecule has 1 aromatic carbocycles. The molecule has 0 bridgehead atoms. The lowest BCUT2D eigenvalue weighted by molar-refractivity contribution is 0.0997. The van der Waals surface area contributed by atoms with Crippen LogP contribution in [-0.4, -0.2) is 41.5 Å². The molecule has 1 amide bonds. The summed E-state index contributed by atoms with van der Waals surface area (Å²) in [4.78, 5) is 18.6. The third kappa shape index (κ3) is 4.77. The summed E-state index contributed by atoms with van der Waals surface area (Å²) in [5.74, 6) is -4.29. The summed E-state index contributed by atoms with van der Waals surface area (Å²) in [5.41, 5.74) is -0.864. The number of anilines is 1. The molecule has 1 saturated heterocycles. The molecule has 0 radical (unpaired) electrons. The van der Waals surface area contributed by atoms with Crippen molar-refractivity contribution in [2.75, 3.05) is 25.0 Å². The van der Waals surface area contributed by atoms with Gasteiger partial charge in [-0.15, -0.1) is 0 Å². The standard InChI is InChI=1S/C19H20F3N3O2/c1-2-25-8-6-13(7-9-25)27-17-5-3-4-16(23-17)24-19(26)18-14(21)10-12(20)11-15(18)22/h3-5,10-11,13H,2,6-9H2,1H3,(H,23,24,26). The first-order valence-corrected chi connectivity index (χ1v) is 8.78. The molecule has 2 heterocycles. The van der Waals surface area contributed by atoms with Crippen LogP contribution in [0.2, 0.25) is 0 Å². The molecule has 0 aliphatic carbocycles. The maximum Gasteiger partial charge on any atom is 0.262 e. The van der Waals surface area contributed by atoms with Gasteiger partial charge in [0.05, 0.1) is 0 Å². The highest BCUT2D eigenvalue weighted by molar-refractivity contribution is 6.04. The summed E-state index contributed by atoms with van der Waals surface area (Å²) in [6, 6.07) is 5.66. The van der Waals surface area contributed by atoms with Gasteiger partial charge in [-0.1, -0.05) is 13.0 Å². The summed E-state index contributed by atoms with van der Waals surface area (Å²) in [7, 11) is 0. The van der Waals surface area contributed by atoms with Crippen LogP contribution in [0.4, 0.5) is 19.0 Å². The molecule has 1 aliphatic heterocycles. The number of hydrogen-bond acceptors (Lipinski definition) is 4. The maximum absolute atomic E-state index is 13.7. The Morgan fingerprint density at radius 2 is 1.89 bits per heavy atom. The quantitative estimate of drug-likeness (QED) is 0.862. The largest absolute Gasteiger partial charge is 0.474 e. The Bertz CT molecular complexity index is 801. The van der Waals surface area contributed by atoms with Crippen molar-refractivity contribution in [3.05, 3.63) is 53.3 Å². The topological polar surface area (TPSA) is 54.5 Å². The van der Waals surface area contributed by atoms with E-state index in [0.717, 1.165) is 32.5 Å². The number of carbonyl (C=O) groups excluding carboxylic acids is 1. The van der Waals surface area contributed by atoms with Crippen molar-refractivity contribution in [1.29, 1.82) is 0 Å². The van der Waals surface area contributed by atoms with Gasteiger partial charge in [-0.2, -0.15) is 4.98 Å². The number of aromatic nitrogens is 1. The second kappa shape index (κ2) is 8.39. The van der Waals surface area contributed by atoms with E-state index in [1.807, 2.05) is 0 Å². The van der Waals surface area contributed by atoms with Crippen LogP contribution in [0.3, 0.4) is 0 Å². The number of piperidine rings is 1. The minimum Gasteiger partial charge on any atom is -0.474 e. The smallest absolute Gasteiger partial charge is 0.262 e. The number of nitrogens with one attached hydrogen (secondary N) is 1. The van der Waals surface area contributed by atoms with Crippen LogP contribution in [0.15, 0.2) is 30.3 Å². The zero-order valence-corrected chi connectivity index (χ0v) is 14.8. The third-order valence-electron chi connectivity index (χ3n) is 4.47. The van der Waals surface area contributed by atoms with E-state index in [0.29, 0.717) is 18.0 Å². The van der Waals surface area contributed by atoms with Gasteiger partial charge >= 0.3 is 0 Å². The maximum atomic E-state index is 13.7. The summed E-state index contributed by atoms with van der Waals surface area (Å²) in [6.07, 6.45) is 1.77. The Hall–Kier alpha value is -2.61. The third-order valence-corrected chi connectivity index (χ3v) is 4.47. The molecule has 27 heavy (non-hydrogen) atoms. The fraction of sp³-hybridized carbons (Fsp3) is 0.368. The van der Waals surface area contributed by atoms with Crippen molar-refractivity contribution in [1.82, 2.24) is 9.88 Å². The van der Waals surface area contributed by atoms with Crippen molar-refractivity contribution in [3.63, 3.8) is 0 Å². The lowest BCUT2D eigenvalue weighted by Gasteiger charge is -2.30. The minimum atomic E-state index is -1.28. The molecule has 1 fully saturated rings. The average molecular weight is 379 g/mol. The van der Waals surface area contributed by atoms with Gasteiger partial charge in [-0.05, 0) is 25.5 Å². The van der Waals surface area contributed by atoms with E-state index in [2.05, 4.69) is 22.1 Å². The summed E-state index contributed by atoms with van der Waals surface area (Å²) >= 11 is 0. The van der Waals surface area contributed by atoms with Gasteiger partial charge in [0.1, 0.15) is 34.9 Å². The second-order valence-corrected chi connectivity index (χ2v) is 6.31. The Kier molecular flexibility index (Phi) is 5.95. The number of halogens is 3. The molecule has 1 aromatic heterocycles. The SMILES string of the molecule is CCN1CCC(Oc2cccc(NC(=O)c3c(F)cc(F)cc3F)n2)CC1.